The molecule has 0 aliphatic rings. The average molecular weight is 715 g/mol. The number of hydrogen-bond donors (Lipinski definition) is 0. The van der Waals surface area contributed by atoms with Gasteiger partial charge in [-0.3, -0.25) is 0 Å². The number of hydrogen-bond acceptors (Lipinski definition) is 1. The zero-order valence-electron chi connectivity index (χ0n) is 30.8. The number of benzene rings is 9. The second-order valence-corrected chi connectivity index (χ2v) is 14.2. The largest absolute Gasteiger partial charge is 0.310 e. The van der Waals surface area contributed by atoms with Crippen LogP contribution in [0.3, 0.4) is 0 Å². The Labute approximate surface area is 327 Å². The van der Waals surface area contributed by atoms with E-state index in [1.807, 2.05) is 0 Å². The van der Waals surface area contributed by atoms with Crippen molar-refractivity contribution in [1.29, 1.82) is 0 Å². The minimum Gasteiger partial charge on any atom is -0.310 e. The highest BCUT2D eigenvalue weighted by Gasteiger charge is 2.18. The first kappa shape index (κ1) is 33.2. The molecule has 0 bridgehead atoms. The number of rotatable bonds is 8. The van der Waals surface area contributed by atoms with E-state index in [0.29, 0.717) is 0 Å². The highest BCUT2D eigenvalue weighted by atomic mass is 15.1. The molecule has 2 nitrogen and oxygen atoms in total. The van der Waals surface area contributed by atoms with Crippen LogP contribution in [0, 0.1) is 0 Å². The predicted octanol–water partition coefficient (Wildman–Crippen LogP) is 14.9. The standard InChI is InChI=1S/C54H38N2/c1-4-13-39(14-5-1)42-23-25-45(26-24-42)46-19-12-20-49(37-46)56-53-22-11-10-21-51(53)52-38-50(35-36-54(52)56)55(47-31-27-43(28-32-47)40-15-6-2-7-16-40)48-33-29-44(30-34-48)41-17-8-3-9-18-41/h1-38H. The molecule has 264 valence electrons. The lowest BCUT2D eigenvalue weighted by Crippen LogP contribution is -2.10. The van der Waals surface area contributed by atoms with Crippen molar-refractivity contribution >= 4 is 38.9 Å². The first-order chi connectivity index (χ1) is 27.8. The molecule has 2 heteroatoms. The third-order valence-electron chi connectivity index (χ3n) is 10.8. The summed E-state index contributed by atoms with van der Waals surface area (Å²) in [5.74, 6) is 0. The van der Waals surface area contributed by atoms with Gasteiger partial charge >= 0.3 is 0 Å². The van der Waals surface area contributed by atoms with Crippen molar-refractivity contribution in [2.45, 2.75) is 0 Å². The Kier molecular flexibility index (Phi) is 8.55. The number of para-hydroxylation sites is 1. The lowest BCUT2D eigenvalue weighted by atomic mass is 10.00. The van der Waals surface area contributed by atoms with Gasteiger partial charge in [-0.1, -0.05) is 170 Å². The van der Waals surface area contributed by atoms with Crippen LogP contribution >= 0.6 is 0 Å². The summed E-state index contributed by atoms with van der Waals surface area (Å²) in [6.45, 7) is 0. The molecule has 0 amide bonds. The molecule has 0 saturated heterocycles. The summed E-state index contributed by atoms with van der Waals surface area (Å²) in [5.41, 5.74) is 16.4. The summed E-state index contributed by atoms with van der Waals surface area (Å²) in [6, 6.07) is 83.0. The Bertz CT molecular complexity index is 2830. The van der Waals surface area contributed by atoms with E-state index in [9.17, 15) is 0 Å². The maximum Gasteiger partial charge on any atom is 0.0542 e. The van der Waals surface area contributed by atoms with E-state index in [4.69, 9.17) is 0 Å². The highest BCUT2D eigenvalue weighted by molar-refractivity contribution is 6.10. The Hall–Kier alpha value is -7.42. The van der Waals surface area contributed by atoms with Gasteiger partial charge in [-0.2, -0.15) is 0 Å². The molecule has 10 aromatic rings. The van der Waals surface area contributed by atoms with Crippen LogP contribution in [-0.4, -0.2) is 4.57 Å². The van der Waals surface area contributed by atoms with Crippen LogP contribution < -0.4 is 4.90 Å². The SMILES string of the molecule is c1ccc(-c2ccc(-c3cccc(-n4c5ccccc5c5cc(N(c6ccc(-c7ccccc7)cc6)c6ccc(-c7ccccc7)cc6)ccc54)c3)cc2)cc1. The van der Waals surface area contributed by atoms with E-state index in [2.05, 4.69) is 240 Å². The molecular weight excluding hydrogens is 677 g/mol. The fourth-order valence-corrected chi connectivity index (χ4v) is 8.00. The van der Waals surface area contributed by atoms with Crippen LogP contribution in [0.5, 0.6) is 0 Å². The average Bonchev–Trinajstić information content (AvgIpc) is 3.62. The van der Waals surface area contributed by atoms with E-state index in [1.54, 1.807) is 0 Å². The molecule has 0 fully saturated rings. The fourth-order valence-electron chi connectivity index (χ4n) is 8.00. The van der Waals surface area contributed by atoms with Crippen molar-refractivity contribution in [2.24, 2.45) is 0 Å². The molecule has 0 radical (unpaired) electrons. The van der Waals surface area contributed by atoms with Gasteiger partial charge in [-0.15, -0.1) is 0 Å². The van der Waals surface area contributed by atoms with Gasteiger partial charge in [0.2, 0.25) is 0 Å². The minimum absolute atomic E-state index is 1.10. The molecule has 9 aromatic carbocycles. The van der Waals surface area contributed by atoms with Gasteiger partial charge in [-0.05, 0) is 105 Å². The predicted molar refractivity (Wildman–Crippen MR) is 237 cm³/mol. The molecule has 0 aliphatic carbocycles. The van der Waals surface area contributed by atoms with Crippen LogP contribution in [0.25, 0.3) is 72.0 Å². The van der Waals surface area contributed by atoms with Gasteiger partial charge in [0.25, 0.3) is 0 Å². The fraction of sp³-hybridized carbons (Fsp3) is 0. The zero-order valence-corrected chi connectivity index (χ0v) is 30.8. The third-order valence-corrected chi connectivity index (χ3v) is 10.8. The molecule has 0 aliphatic heterocycles. The highest BCUT2D eigenvalue weighted by Crippen LogP contribution is 2.41. The van der Waals surface area contributed by atoms with Crippen LogP contribution in [0.4, 0.5) is 17.1 Å². The molecule has 56 heavy (non-hydrogen) atoms. The van der Waals surface area contributed by atoms with Gasteiger partial charge in [0.05, 0.1) is 11.0 Å². The van der Waals surface area contributed by atoms with Crippen LogP contribution in [0.2, 0.25) is 0 Å². The molecule has 0 spiro atoms. The van der Waals surface area contributed by atoms with Gasteiger partial charge in [0.15, 0.2) is 0 Å². The van der Waals surface area contributed by atoms with Crippen molar-refractivity contribution < 1.29 is 0 Å². The molecule has 1 heterocycles. The molecule has 10 rings (SSSR count). The van der Waals surface area contributed by atoms with Crippen molar-refractivity contribution in [2.75, 3.05) is 4.90 Å². The van der Waals surface area contributed by atoms with Gasteiger partial charge in [0, 0.05) is 33.5 Å². The van der Waals surface area contributed by atoms with Crippen molar-refractivity contribution in [1.82, 2.24) is 4.57 Å². The minimum atomic E-state index is 1.10. The van der Waals surface area contributed by atoms with Crippen molar-refractivity contribution in [3.05, 3.63) is 231 Å². The van der Waals surface area contributed by atoms with Gasteiger partial charge < -0.3 is 9.47 Å². The van der Waals surface area contributed by atoms with Gasteiger partial charge in [0.1, 0.15) is 0 Å². The summed E-state index contributed by atoms with van der Waals surface area (Å²) in [4.78, 5) is 2.37. The van der Waals surface area contributed by atoms with Gasteiger partial charge in [-0.25, -0.2) is 0 Å². The molecule has 1 aromatic heterocycles. The monoisotopic (exact) mass is 714 g/mol. The van der Waals surface area contributed by atoms with E-state index >= 15 is 0 Å². The number of aromatic nitrogens is 1. The van der Waals surface area contributed by atoms with Crippen LogP contribution in [-0.2, 0) is 0 Å². The maximum atomic E-state index is 2.41. The van der Waals surface area contributed by atoms with Crippen molar-refractivity contribution in [3.8, 4) is 50.2 Å². The topological polar surface area (TPSA) is 8.17 Å². The lowest BCUT2D eigenvalue weighted by molar-refractivity contribution is 1.18. The van der Waals surface area contributed by atoms with Crippen LogP contribution in [0.1, 0.15) is 0 Å². The second kappa shape index (κ2) is 14.4. The summed E-state index contributed by atoms with van der Waals surface area (Å²) < 4.78 is 2.41. The second-order valence-electron chi connectivity index (χ2n) is 14.2. The maximum absolute atomic E-state index is 2.41. The van der Waals surface area contributed by atoms with E-state index < -0.39 is 0 Å². The van der Waals surface area contributed by atoms with E-state index in [1.165, 1.54) is 66.3 Å². The summed E-state index contributed by atoms with van der Waals surface area (Å²) in [5, 5.41) is 2.43. The Morgan fingerprint density at radius 2 is 0.643 bits per heavy atom. The number of nitrogens with zero attached hydrogens (tertiary/aromatic N) is 2. The quantitative estimate of drug-likeness (QED) is 0.152. The molecular formula is C54H38N2. The Balaban J connectivity index is 1.07. The van der Waals surface area contributed by atoms with Crippen molar-refractivity contribution in [3.63, 3.8) is 0 Å². The first-order valence-corrected chi connectivity index (χ1v) is 19.2. The Morgan fingerprint density at radius 1 is 0.250 bits per heavy atom. The molecule has 0 saturated carbocycles. The van der Waals surface area contributed by atoms with Crippen LogP contribution in [0.15, 0.2) is 231 Å². The number of fused-ring (bicyclic) bond motifs is 3. The smallest absolute Gasteiger partial charge is 0.0542 e. The summed E-state index contributed by atoms with van der Waals surface area (Å²) in [6.07, 6.45) is 0. The summed E-state index contributed by atoms with van der Waals surface area (Å²) >= 11 is 0. The van der Waals surface area contributed by atoms with E-state index in [-0.39, 0.29) is 0 Å². The zero-order chi connectivity index (χ0) is 37.3. The molecule has 0 unspecified atom stereocenters. The Morgan fingerprint density at radius 3 is 1.18 bits per heavy atom. The normalized spacial score (nSPS) is 11.2. The van der Waals surface area contributed by atoms with E-state index in [0.717, 1.165) is 22.7 Å². The lowest BCUT2D eigenvalue weighted by Gasteiger charge is -2.26. The number of anilines is 3. The molecule has 0 N–H and O–H groups in total. The summed E-state index contributed by atoms with van der Waals surface area (Å²) in [7, 11) is 0. The first-order valence-electron chi connectivity index (χ1n) is 19.2. The third kappa shape index (κ3) is 6.24. The molecule has 0 atom stereocenters.